The molecule has 0 amide bonds. The molecule has 1 aliphatic rings. The minimum absolute atomic E-state index is 0.327. The maximum Gasteiger partial charge on any atom is 0.330 e. The normalized spacial score (nSPS) is 22.8. The first-order valence-electron chi connectivity index (χ1n) is 9.38. The van der Waals surface area contributed by atoms with Crippen LogP contribution in [0.3, 0.4) is 0 Å². The van der Waals surface area contributed by atoms with E-state index in [1.54, 1.807) is 6.08 Å². The van der Waals surface area contributed by atoms with Crippen LogP contribution in [0.25, 0.3) is 0 Å². The van der Waals surface area contributed by atoms with Crippen molar-refractivity contribution in [1.29, 1.82) is 0 Å². The molecule has 0 aromatic heterocycles. The molecular formula is C19H33O5P. The van der Waals surface area contributed by atoms with Crippen LogP contribution in [-0.2, 0) is 18.6 Å². The average molecular weight is 372 g/mol. The van der Waals surface area contributed by atoms with Crippen LogP contribution in [-0.4, -0.2) is 25.3 Å². The third-order valence-electron chi connectivity index (χ3n) is 4.72. The molecular weight excluding hydrogens is 339 g/mol. The van der Waals surface area contributed by atoms with E-state index in [4.69, 9.17) is 13.8 Å². The van der Waals surface area contributed by atoms with E-state index in [0.717, 1.165) is 36.6 Å². The highest BCUT2D eigenvalue weighted by Gasteiger charge is 2.55. The van der Waals surface area contributed by atoms with Gasteiger partial charge in [0.05, 0.1) is 13.7 Å². The summed E-state index contributed by atoms with van der Waals surface area (Å²) in [4.78, 5) is 25.0. The Labute approximate surface area is 153 Å². The summed E-state index contributed by atoms with van der Waals surface area (Å²) >= 11 is 0. The minimum Gasteiger partial charge on any atom is -0.627 e. The summed E-state index contributed by atoms with van der Waals surface area (Å²) in [6.45, 7) is 8.32. The van der Waals surface area contributed by atoms with E-state index in [1.165, 1.54) is 13.2 Å². The van der Waals surface area contributed by atoms with Crippen LogP contribution >= 0.6 is 7.94 Å². The van der Waals surface area contributed by atoms with Gasteiger partial charge in [0, 0.05) is 18.1 Å². The molecule has 5 nitrogen and oxygen atoms in total. The summed E-state index contributed by atoms with van der Waals surface area (Å²) in [6, 6.07) is 0. The van der Waals surface area contributed by atoms with Crippen LogP contribution in [0.4, 0.5) is 0 Å². The van der Waals surface area contributed by atoms with E-state index in [1.807, 2.05) is 20.8 Å². The van der Waals surface area contributed by atoms with Crippen LogP contribution in [0.2, 0.25) is 0 Å². The molecule has 1 rings (SSSR count). The fourth-order valence-electron chi connectivity index (χ4n) is 3.24. The number of rotatable bonds is 11. The van der Waals surface area contributed by atoms with Gasteiger partial charge in [-0.05, 0) is 32.3 Å². The Kier molecular flexibility index (Phi) is 9.29. The van der Waals surface area contributed by atoms with E-state index < -0.39 is 19.5 Å². The van der Waals surface area contributed by atoms with Gasteiger partial charge in [0.1, 0.15) is 10.9 Å². The summed E-state index contributed by atoms with van der Waals surface area (Å²) < 4.78 is 16.4. The lowest BCUT2D eigenvalue weighted by Crippen LogP contribution is -2.30. The molecule has 0 saturated heterocycles. The van der Waals surface area contributed by atoms with Crippen molar-refractivity contribution >= 4 is 13.9 Å². The average Bonchev–Trinajstić information content (AvgIpc) is 2.85. The zero-order valence-corrected chi connectivity index (χ0v) is 17.2. The second kappa shape index (κ2) is 10.4. The first-order chi connectivity index (χ1) is 11.9. The Morgan fingerprint density at radius 3 is 2.40 bits per heavy atom. The standard InChI is InChI=1S/C19H33O5P/c1-6-10-11-12-13-17-16(14-15-18(20)22-5)19(7-2,8-3)24-25(17,21)23-9-4/h14-15H,6-13H2,1-5H3/b15-14+. The first kappa shape index (κ1) is 22.3. The molecule has 25 heavy (non-hydrogen) atoms. The Balaban J connectivity index is 3.29. The molecule has 0 fully saturated rings. The molecule has 0 aliphatic carbocycles. The second-order valence-electron chi connectivity index (χ2n) is 6.24. The lowest BCUT2D eigenvalue weighted by molar-refractivity contribution is -0.221. The molecule has 0 aromatic carbocycles. The molecule has 144 valence electrons. The van der Waals surface area contributed by atoms with Crippen LogP contribution < -0.4 is 4.89 Å². The number of esters is 1. The third kappa shape index (κ3) is 5.37. The smallest absolute Gasteiger partial charge is 0.330 e. The second-order valence-corrected chi connectivity index (χ2v) is 8.21. The molecule has 6 heteroatoms. The van der Waals surface area contributed by atoms with Gasteiger partial charge in [-0.3, -0.25) is 0 Å². The van der Waals surface area contributed by atoms with Crippen molar-refractivity contribution in [1.82, 2.24) is 0 Å². The Morgan fingerprint density at radius 2 is 1.88 bits per heavy atom. The largest absolute Gasteiger partial charge is 0.627 e. The highest BCUT2D eigenvalue weighted by molar-refractivity contribution is 7.64. The molecule has 1 heterocycles. The number of hydrogen-bond acceptors (Lipinski definition) is 5. The van der Waals surface area contributed by atoms with Crippen molar-refractivity contribution in [3.63, 3.8) is 0 Å². The number of allylic oxidation sites excluding steroid dienone is 1. The van der Waals surface area contributed by atoms with Gasteiger partial charge in [0.2, 0.25) is 0 Å². The van der Waals surface area contributed by atoms with Gasteiger partial charge < -0.3 is 9.63 Å². The Bertz CT molecular complexity index is 496. The van der Waals surface area contributed by atoms with Crippen molar-refractivity contribution < 1.29 is 23.5 Å². The van der Waals surface area contributed by atoms with Crippen molar-refractivity contribution in [2.45, 2.75) is 78.2 Å². The molecule has 0 bridgehead atoms. The molecule has 0 aromatic rings. The van der Waals surface area contributed by atoms with Crippen molar-refractivity contribution in [3.8, 4) is 0 Å². The highest BCUT2D eigenvalue weighted by Crippen LogP contribution is 2.72. The minimum atomic E-state index is -3.33. The topological polar surface area (TPSA) is 67.8 Å². The monoisotopic (exact) mass is 372 g/mol. The van der Waals surface area contributed by atoms with Gasteiger partial charge in [-0.2, -0.15) is 4.52 Å². The van der Waals surface area contributed by atoms with Crippen LogP contribution in [0.1, 0.15) is 72.6 Å². The lowest BCUT2D eigenvalue weighted by atomic mass is 9.87. The maximum absolute atomic E-state index is 13.4. The SMILES string of the molecule is CCCCCCC1=C(/C=C/C(=O)OC)C(CC)(CC)O[P+]1([O-])OCC. The Morgan fingerprint density at radius 1 is 1.20 bits per heavy atom. The quantitative estimate of drug-likeness (QED) is 0.228. The summed E-state index contributed by atoms with van der Waals surface area (Å²) in [5.74, 6) is -0.433. The number of methoxy groups -OCH3 is 1. The predicted molar refractivity (Wildman–Crippen MR) is 99.9 cm³/mol. The fourth-order valence-corrected chi connectivity index (χ4v) is 5.72. The summed E-state index contributed by atoms with van der Waals surface area (Å²) in [6.07, 6.45) is 9.39. The van der Waals surface area contributed by atoms with Gasteiger partial charge >= 0.3 is 5.97 Å². The number of unbranched alkanes of at least 4 members (excludes halogenated alkanes) is 3. The molecule has 0 radical (unpaired) electrons. The number of ether oxygens (including phenoxy) is 1. The molecule has 0 saturated carbocycles. The molecule has 1 aliphatic heterocycles. The van der Waals surface area contributed by atoms with Gasteiger partial charge in [-0.25, -0.2) is 9.32 Å². The molecule has 0 spiro atoms. The van der Waals surface area contributed by atoms with E-state index in [-0.39, 0.29) is 0 Å². The summed E-state index contributed by atoms with van der Waals surface area (Å²) in [5.41, 5.74) is 0.158. The third-order valence-corrected chi connectivity index (χ3v) is 7.04. The van der Waals surface area contributed by atoms with Crippen LogP contribution in [0.15, 0.2) is 23.0 Å². The predicted octanol–water partition coefficient (Wildman–Crippen LogP) is 4.69. The van der Waals surface area contributed by atoms with E-state index in [2.05, 4.69) is 6.92 Å². The van der Waals surface area contributed by atoms with Crippen molar-refractivity contribution in [2.24, 2.45) is 0 Å². The number of carbonyl (C=O) groups excluding carboxylic acids is 1. The van der Waals surface area contributed by atoms with Crippen LogP contribution in [0, 0.1) is 0 Å². The van der Waals surface area contributed by atoms with Crippen molar-refractivity contribution in [2.75, 3.05) is 13.7 Å². The Hall–Kier alpha value is -0.740. The zero-order valence-electron chi connectivity index (χ0n) is 16.3. The number of carbonyl (C=O) groups is 1. The van der Waals surface area contributed by atoms with E-state index >= 15 is 0 Å². The van der Waals surface area contributed by atoms with E-state index in [0.29, 0.717) is 25.9 Å². The first-order valence-corrected chi connectivity index (χ1v) is 10.9. The maximum atomic E-state index is 13.4. The summed E-state index contributed by atoms with van der Waals surface area (Å²) in [7, 11) is -1.99. The zero-order chi connectivity index (χ0) is 18.9. The van der Waals surface area contributed by atoms with Gasteiger partial charge in [-0.1, -0.05) is 40.0 Å². The lowest BCUT2D eigenvalue weighted by Gasteiger charge is -2.30. The van der Waals surface area contributed by atoms with Crippen LogP contribution in [0.5, 0.6) is 0 Å². The van der Waals surface area contributed by atoms with Gasteiger partial charge in [0.25, 0.3) is 7.94 Å². The molecule has 1 unspecified atom stereocenters. The molecule has 1 atom stereocenters. The van der Waals surface area contributed by atoms with E-state index in [9.17, 15) is 9.69 Å². The summed E-state index contributed by atoms with van der Waals surface area (Å²) in [5, 5.41) is 0.731. The number of hydrogen-bond donors (Lipinski definition) is 0. The van der Waals surface area contributed by atoms with Gasteiger partial charge in [0.15, 0.2) is 0 Å². The van der Waals surface area contributed by atoms with Crippen molar-refractivity contribution in [3.05, 3.63) is 23.0 Å². The fraction of sp³-hybridized carbons (Fsp3) is 0.737. The highest BCUT2D eigenvalue weighted by atomic mass is 31.2. The molecule has 0 N–H and O–H groups in total. The van der Waals surface area contributed by atoms with Gasteiger partial charge in [-0.15, -0.1) is 0 Å².